The van der Waals surface area contributed by atoms with Crippen LogP contribution < -0.4 is 15.4 Å². The molecule has 2 rings (SSSR count). The van der Waals surface area contributed by atoms with Gasteiger partial charge in [-0.2, -0.15) is 13.2 Å². The molecule has 1 saturated heterocycles. The van der Waals surface area contributed by atoms with Crippen molar-refractivity contribution < 1.29 is 45.5 Å². The Morgan fingerprint density at radius 1 is 1.15 bits per heavy atom. The molecule has 7 nitrogen and oxygen atoms in total. The molecule has 0 bridgehead atoms. The van der Waals surface area contributed by atoms with E-state index in [1.807, 2.05) is 0 Å². The Labute approximate surface area is 147 Å². The number of halogens is 6. The minimum Gasteiger partial charge on any atom is -0.405 e. The smallest absolute Gasteiger partial charge is 0.405 e. The number of imide groups is 1. The van der Waals surface area contributed by atoms with Crippen LogP contribution in [0.3, 0.4) is 0 Å². The maximum absolute atomic E-state index is 12.5. The van der Waals surface area contributed by atoms with E-state index in [9.17, 15) is 40.7 Å². The maximum Gasteiger partial charge on any atom is 0.573 e. The summed E-state index contributed by atoms with van der Waals surface area (Å²) in [7, 11) is 0. The van der Waals surface area contributed by atoms with Crippen LogP contribution in [0.25, 0.3) is 0 Å². The van der Waals surface area contributed by atoms with Gasteiger partial charge in [0.1, 0.15) is 24.9 Å². The van der Waals surface area contributed by atoms with E-state index >= 15 is 0 Å². The monoisotopic (exact) mass is 399 g/mol. The Morgan fingerprint density at radius 2 is 1.78 bits per heavy atom. The van der Waals surface area contributed by atoms with Gasteiger partial charge in [-0.1, -0.05) is 18.2 Å². The predicted molar refractivity (Wildman–Crippen MR) is 75.2 cm³/mol. The van der Waals surface area contributed by atoms with Crippen molar-refractivity contribution in [3.8, 4) is 5.75 Å². The average Bonchev–Trinajstić information content (AvgIpc) is 2.79. The highest BCUT2D eigenvalue weighted by molar-refractivity contribution is 6.07. The molecule has 1 fully saturated rings. The van der Waals surface area contributed by atoms with Gasteiger partial charge in [0, 0.05) is 5.56 Å². The third-order valence-corrected chi connectivity index (χ3v) is 3.27. The van der Waals surface area contributed by atoms with E-state index < -0.39 is 55.3 Å². The second kappa shape index (κ2) is 7.32. The van der Waals surface area contributed by atoms with Crippen LogP contribution in [-0.2, 0) is 9.59 Å². The largest absolute Gasteiger partial charge is 0.573 e. The van der Waals surface area contributed by atoms with Gasteiger partial charge in [0.2, 0.25) is 5.91 Å². The zero-order valence-corrected chi connectivity index (χ0v) is 13.1. The number of hydrogen-bond donors (Lipinski definition) is 2. The molecule has 27 heavy (non-hydrogen) atoms. The second-order valence-electron chi connectivity index (χ2n) is 5.28. The first kappa shape index (κ1) is 20.3. The zero-order chi connectivity index (χ0) is 20.4. The minimum atomic E-state index is -5.06. The van der Waals surface area contributed by atoms with Crippen molar-refractivity contribution in [3.05, 3.63) is 29.8 Å². The predicted octanol–water partition coefficient (Wildman–Crippen LogP) is 1.86. The van der Waals surface area contributed by atoms with Crippen molar-refractivity contribution in [2.75, 3.05) is 13.1 Å². The van der Waals surface area contributed by atoms with Crippen LogP contribution in [-0.4, -0.2) is 48.4 Å². The third kappa shape index (κ3) is 5.49. The molecule has 0 unspecified atom stereocenters. The lowest BCUT2D eigenvalue weighted by atomic mass is 10.1. The van der Waals surface area contributed by atoms with Gasteiger partial charge in [0.05, 0.1) is 0 Å². The number of benzene rings is 1. The standard InChI is InChI=1S/C14H11F6N3O4/c15-13(16,17)6-21-9(24)5-23-11(25)10(22-12(23)26)7-3-1-2-4-8(7)27-14(18,19)20/h1-4,10H,5-6H2,(H,21,24)(H,22,26)/t10-/m0/s1. The van der Waals surface area contributed by atoms with Crippen LogP contribution in [0, 0.1) is 0 Å². The summed E-state index contributed by atoms with van der Waals surface area (Å²) < 4.78 is 77.4. The first-order chi connectivity index (χ1) is 12.4. The number of urea groups is 1. The van der Waals surface area contributed by atoms with Crippen molar-refractivity contribution in [2.45, 2.75) is 18.6 Å². The molecule has 4 amide bonds. The molecule has 1 heterocycles. The van der Waals surface area contributed by atoms with E-state index in [0.717, 1.165) is 12.1 Å². The van der Waals surface area contributed by atoms with E-state index in [0.29, 0.717) is 4.90 Å². The number of hydrogen-bond acceptors (Lipinski definition) is 4. The SMILES string of the molecule is O=C(CN1C(=O)N[C@@H](c2ccccc2OC(F)(F)F)C1=O)NCC(F)(F)F. The fourth-order valence-corrected chi connectivity index (χ4v) is 2.21. The summed E-state index contributed by atoms with van der Waals surface area (Å²) in [6.07, 6.45) is -9.75. The van der Waals surface area contributed by atoms with Crippen molar-refractivity contribution >= 4 is 17.8 Å². The number of carbonyl (C=O) groups excluding carboxylic acids is 3. The number of nitrogens with zero attached hydrogens (tertiary/aromatic N) is 1. The lowest BCUT2D eigenvalue weighted by Gasteiger charge is -2.16. The molecule has 13 heteroatoms. The Morgan fingerprint density at radius 3 is 2.37 bits per heavy atom. The van der Waals surface area contributed by atoms with Gasteiger partial charge >= 0.3 is 18.6 Å². The number of amides is 4. The van der Waals surface area contributed by atoms with Crippen molar-refractivity contribution in [3.63, 3.8) is 0 Å². The summed E-state index contributed by atoms with van der Waals surface area (Å²) >= 11 is 0. The number of alkyl halides is 6. The first-order valence-corrected chi connectivity index (χ1v) is 7.17. The number of rotatable bonds is 5. The number of ether oxygens (including phenoxy) is 1. The first-order valence-electron chi connectivity index (χ1n) is 7.17. The van der Waals surface area contributed by atoms with Gasteiger partial charge in [0.15, 0.2) is 0 Å². The van der Waals surface area contributed by atoms with Crippen molar-refractivity contribution in [1.82, 2.24) is 15.5 Å². The minimum absolute atomic E-state index is 0.292. The molecular weight excluding hydrogens is 388 g/mol. The quantitative estimate of drug-likeness (QED) is 0.585. The van der Waals surface area contributed by atoms with Crippen LogP contribution in [0.5, 0.6) is 5.75 Å². The Bertz CT molecular complexity index is 749. The van der Waals surface area contributed by atoms with Gasteiger partial charge in [-0.05, 0) is 6.07 Å². The summed E-state index contributed by atoms with van der Waals surface area (Å²) in [6.45, 7) is -2.69. The lowest BCUT2D eigenvalue weighted by molar-refractivity contribution is -0.275. The molecule has 148 valence electrons. The van der Waals surface area contributed by atoms with Gasteiger partial charge in [0.25, 0.3) is 5.91 Å². The van der Waals surface area contributed by atoms with E-state index in [2.05, 4.69) is 10.1 Å². The normalized spacial score (nSPS) is 17.7. The summed E-state index contributed by atoms with van der Waals surface area (Å²) in [5.74, 6) is -3.12. The fraction of sp³-hybridized carbons (Fsp3) is 0.357. The van der Waals surface area contributed by atoms with Crippen LogP contribution >= 0.6 is 0 Å². The van der Waals surface area contributed by atoms with Crippen LogP contribution in [0.15, 0.2) is 24.3 Å². The number of nitrogens with one attached hydrogen (secondary N) is 2. The zero-order valence-electron chi connectivity index (χ0n) is 13.1. The highest BCUT2D eigenvalue weighted by atomic mass is 19.4. The van der Waals surface area contributed by atoms with E-state index in [1.54, 1.807) is 0 Å². The summed E-state index contributed by atoms with van der Waals surface area (Å²) in [5, 5.41) is 3.54. The molecule has 1 aliphatic rings. The van der Waals surface area contributed by atoms with Gasteiger partial charge in [-0.25, -0.2) is 4.79 Å². The fourth-order valence-electron chi connectivity index (χ4n) is 2.21. The van der Waals surface area contributed by atoms with E-state index in [-0.39, 0.29) is 5.56 Å². The highest BCUT2D eigenvalue weighted by Gasteiger charge is 2.42. The molecule has 1 atom stereocenters. The maximum atomic E-state index is 12.5. The molecule has 1 aliphatic heterocycles. The molecule has 0 radical (unpaired) electrons. The molecule has 0 aliphatic carbocycles. The van der Waals surface area contributed by atoms with E-state index in [1.165, 1.54) is 17.4 Å². The molecule has 1 aromatic rings. The van der Waals surface area contributed by atoms with Crippen molar-refractivity contribution in [2.24, 2.45) is 0 Å². The second-order valence-corrected chi connectivity index (χ2v) is 5.28. The topological polar surface area (TPSA) is 87.7 Å². The molecule has 0 spiro atoms. The number of carbonyl (C=O) groups is 3. The molecule has 1 aromatic carbocycles. The van der Waals surface area contributed by atoms with Crippen LogP contribution in [0.1, 0.15) is 11.6 Å². The Hall–Kier alpha value is -2.99. The number of para-hydroxylation sites is 1. The third-order valence-electron chi connectivity index (χ3n) is 3.27. The summed E-state index contributed by atoms with van der Waals surface area (Å²) in [6, 6.07) is 1.77. The molecule has 2 N–H and O–H groups in total. The van der Waals surface area contributed by atoms with Crippen LogP contribution in [0.2, 0.25) is 0 Å². The summed E-state index contributed by atoms with van der Waals surface area (Å²) in [4.78, 5) is 35.9. The van der Waals surface area contributed by atoms with Gasteiger partial charge in [-0.15, -0.1) is 13.2 Å². The Kier molecular flexibility index (Phi) is 5.51. The van der Waals surface area contributed by atoms with Crippen LogP contribution in [0.4, 0.5) is 31.1 Å². The summed E-state index contributed by atoms with van der Waals surface area (Å²) in [5.41, 5.74) is -0.327. The van der Waals surface area contributed by atoms with E-state index in [4.69, 9.17) is 0 Å². The molecular formula is C14H11F6N3O4. The molecule has 0 aromatic heterocycles. The molecule has 0 saturated carbocycles. The highest BCUT2D eigenvalue weighted by Crippen LogP contribution is 2.33. The van der Waals surface area contributed by atoms with Gasteiger partial charge in [-0.3, -0.25) is 14.5 Å². The Balaban J connectivity index is 2.13. The van der Waals surface area contributed by atoms with Crippen molar-refractivity contribution in [1.29, 1.82) is 0 Å². The lowest BCUT2D eigenvalue weighted by Crippen LogP contribution is -2.43. The average molecular weight is 399 g/mol. The van der Waals surface area contributed by atoms with Gasteiger partial charge < -0.3 is 15.4 Å².